The van der Waals surface area contributed by atoms with Crippen molar-refractivity contribution in [1.29, 1.82) is 0 Å². The summed E-state index contributed by atoms with van der Waals surface area (Å²) >= 11 is 0. The molecule has 0 amide bonds. The first kappa shape index (κ1) is 8.86. The van der Waals surface area contributed by atoms with Crippen molar-refractivity contribution in [3.63, 3.8) is 0 Å². The van der Waals surface area contributed by atoms with Crippen molar-refractivity contribution in [2.24, 2.45) is 0 Å². The molecule has 2 nitrogen and oxygen atoms in total. The van der Waals surface area contributed by atoms with Crippen LogP contribution in [0.1, 0.15) is 25.7 Å². The molecule has 0 unspecified atom stereocenters. The first-order valence-corrected chi connectivity index (χ1v) is 4.06. The highest BCUT2D eigenvalue weighted by atomic mass is 16.5. The summed E-state index contributed by atoms with van der Waals surface area (Å²) in [6.07, 6.45) is 9.01. The number of rotatable bonds is 1. The lowest BCUT2D eigenvalue weighted by atomic mass is 9.92. The Morgan fingerprint density at radius 3 is 2.75 bits per heavy atom. The maximum atomic E-state index is 11.2. The first-order chi connectivity index (χ1) is 5.79. The number of carbonyl (C=O) groups is 1. The fourth-order valence-corrected chi connectivity index (χ4v) is 1.41. The van der Waals surface area contributed by atoms with Gasteiger partial charge in [-0.15, -0.1) is 6.42 Å². The number of methoxy groups -OCH3 is 1. The summed E-state index contributed by atoms with van der Waals surface area (Å²) < 4.78 is 4.63. The van der Waals surface area contributed by atoms with Gasteiger partial charge in [0, 0.05) is 11.1 Å². The zero-order valence-corrected chi connectivity index (χ0v) is 7.22. The van der Waals surface area contributed by atoms with Gasteiger partial charge in [0.15, 0.2) is 0 Å². The van der Waals surface area contributed by atoms with Crippen LogP contribution in [0, 0.1) is 12.3 Å². The molecule has 0 saturated carbocycles. The minimum Gasteiger partial charge on any atom is -0.466 e. The fourth-order valence-electron chi connectivity index (χ4n) is 1.41. The van der Waals surface area contributed by atoms with E-state index in [-0.39, 0.29) is 5.97 Å². The van der Waals surface area contributed by atoms with Crippen molar-refractivity contribution in [2.75, 3.05) is 7.11 Å². The van der Waals surface area contributed by atoms with E-state index in [4.69, 9.17) is 6.42 Å². The van der Waals surface area contributed by atoms with Gasteiger partial charge >= 0.3 is 5.97 Å². The Bertz CT molecular complexity index is 256. The molecular formula is C10H12O2. The summed E-state index contributed by atoms with van der Waals surface area (Å²) in [7, 11) is 1.39. The third-order valence-electron chi connectivity index (χ3n) is 2.07. The Kier molecular flexibility index (Phi) is 2.93. The lowest BCUT2D eigenvalue weighted by Crippen LogP contribution is -2.10. The van der Waals surface area contributed by atoms with Gasteiger partial charge in [0.05, 0.1) is 7.11 Å². The second-order valence-corrected chi connectivity index (χ2v) is 2.80. The van der Waals surface area contributed by atoms with Crippen molar-refractivity contribution in [2.45, 2.75) is 25.7 Å². The zero-order valence-electron chi connectivity index (χ0n) is 7.22. The molecule has 2 heteroatoms. The minimum atomic E-state index is -0.261. The van der Waals surface area contributed by atoms with E-state index in [1.165, 1.54) is 7.11 Å². The van der Waals surface area contributed by atoms with Crippen LogP contribution < -0.4 is 0 Å². The van der Waals surface area contributed by atoms with Gasteiger partial charge in [-0.05, 0) is 25.7 Å². The average molecular weight is 164 g/mol. The van der Waals surface area contributed by atoms with Crippen molar-refractivity contribution < 1.29 is 9.53 Å². The molecule has 0 spiro atoms. The van der Waals surface area contributed by atoms with Crippen LogP contribution in [0.4, 0.5) is 0 Å². The molecule has 1 aliphatic carbocycles. The van der Waals surface area contributed by atoms with E-state index in [2.05, 4.69) is 10.7 Å². The van der Waals surface area contributed by atoms with E-state index in [0.717, 1.165) is 31.3 Å². The maximum absolute atomic E-state index is 11.2. The van der Waals surface area contributed by atoms with Crippen LogP contribution in [0.2, 0.25) is 0 Å². The molecule has 0 N–H and O–H groups in total. The van der Waals surface area contributed by atoms with Gasteiger partial charge in [-0.25, -0.2) is 4.79 Å². The molecule has 1 rings (SSSR count). The molecular weight excluding hydrogens is 152 g/mol. The first-order valence-electron chi connectivity index (χ1n) is 4.06. The highest BCUT2D eigenvalue weighted by molar-refractivity contribution is 5.90. The molecule has 12 heavy (non-hydrogen) atoms. The zero-order chi connectivity index (χ0) is 8.97. The Morgan fingerprint density at radius 1 is 1.50 bits per heavy atom. The van der Waals surface area contributed by atoms with E-state index < -0.39 is 0 Å². The lowest BCUT2D eigenvalue weighted by molar-refractivity contribution is -0.136. The molecule has 0 fully saturated rings. The normalized spacial score (nSPS) is 17.0. The van der Waals surface area contributed by atoms with Crippen LogP contribution in [-0.4, -0.2) is 13.1 Å². The number of hydrogen-bond acceptors (Lipinski definition) is 2. The number of hydrogen-bond donors (Lipinski definition) is 0. The van der Waals surface area contributed by atoms with E-state index >= 15 is 0 Å². The predicted molar refractivity (Wildman–Crippen MR) is 46.3 cm³/mol. The molecule has 0 saturated heterocycles. The quantitative estimate of drug-likeness (QED) is 0.435. The van der Waals surface area contributed by atoms with E-state index in [0.29, 0.717) is 5.57 Å². The highest BCUT2D eigenvalue weighted by Crippen LogP contribution is 2.24. The van der Waals surface area contributed by atoms with E-state index in [1.807, 2.05) is 0 Å². The van der Waals surface area contributed by atoms with Crippen LogP contribution in [0.15, 0.2) is 11.1 Å². The van der Waals surface area contributed by atoms with Crippen LogP contribution >= 0.6 is 0 Å². The highest BCUT2D eigenvalue weighted by Gasteiger charge is 2.17. The van der Waals surface area contributed by atoms with Gasteiger partial charge < -0.3 is 4.74 Å². The van der Waals surface area contributed by atoms with Gasteiger partial charge in [-0.1, -0.05) is 5.92 Å². The van der Waals surface area contributed by atoms with Gasteiger partial charge in [-0.2, -0.15) is 0 Å². The summed E-state index contributed by atoms with van der Waals surface area (Å²) in [5.74, 6) is 2.29. The smallest absolute Gasteiger partial charge is 0.334 e. The number of allylic oxidation sites excluding steroid dienone is 1. The third kappa shape index (κ3) is 1.68. The van der Waals surface area contributed by atoms with Crippen molar-refractivity contribution in [3.8, 4) is 12.3 Å². The van der Waals surface area contributed by atoms with Crippen LogP contribution in [0.3, 0.4) is 0 Å². The second kappa shape index (κ2) is 3.96. The molecule has 0 heterocycles. The van der Waals surface area contributed by atoms with Crippen molar-refractivity contribution in [3.05, 3.63) is 11.1 Å². The molecule has 0 radical (unpaired) electrons. The van der Waals surface area contributed by atoms with Crippen molar-refractivity contribution in [1.82, 2.24) is 0 Å². The monoisotopic (exact) mass is 164 g/mol. The molecule has 0 atom stereocenters. The molecule has 0 aromatic rings. The van der Waals surface area contributed by atoms with Crippen LogP contribution in [-0.2, 0) is 9.53 Å². The Morgan fingerprint density at radius 2 is 2.17 bits per heavy atom. The maximum Gasteiger partial charge on any atom is 0.334 e. The number of ether oxygens (including phenoxy) is 1. The topological polar surface area (TPSA) is 26.3 Å². The molecule has 64 valence electrons. The molecule has 0 aliphatic heterocycles. The van der Waals surface area contributed by atoms with Gasteiger partial charge in [0.25, 0.3) is 0 Å². The van der Waals surface area contributed by atoms with Crippen molar-refractivity contribution >= 4 is 5.97 Å². The number of terminal acetylenes is 1. The summed E-state index contributed by atoms with van der Waals surface area (Å²) in [4.78, 5) is 11.2. The number of carbonyl (C=O) groups excluding carboxylic acids is 1. The van der Waals surface area contributed by atoms with Crippen LogP contribution in [0.25, 0.3) is 0 Å². The van der Waals surface area contributed by atoms with Gasteiger partial charge in [0.2, 0.25) is 0 Å². The minimum absolute atomic E-state index is 0.261. The summed E-state index contributed by atoms with van der Waals surface area (Å²) in [5.41, 5.74) is 1.53. The Balaban J connectivity index is 2.89. The van der Waals surface area contributed by atoms with Crippen LogP contribution in [0.5, 0.6) is 0 Å². The third-order valence-corrected chi connectivity index (χ3v) is 2.07. The van der Waals surface area contributed by atoms with E-state index in [9.17, 15) is 4.79 Å². The summed E-state index contributed by atoms with van der Waals surface area (Å²) in [6.45, 7) is 0. The Labute approximate surface area is 72.6 Å². The molecule has 0 aromatic heterocycles. The lowest BCUT2D eigenvalue weighted by Gasteiger charge is -2.14. The average Bonchev–Trinajstić information content (AvgIpc) is 2.16. The molecule has 0 bridgehead atoms. The summed E-state index contributed by atoms with van der Waals surface area (Å²) in [6, 6.07) is 0. The Hall–Kier alpha value is -1.23. The number of esters is 1. The standard InChI is InChI=1S/C10H12O2/c1-3-8-6-4-5-7-9(8)10(11)12-2/h1H,4-7H2,2H3. The predicted octanol–water partition coefficient (Wildman–Crippen LogP) is 1.66. The molecule has 0 aromatic carbocycles. The summed E-state index contributed by atoms with van der Waals surface area (Å²) in [5, 5.41) is 0. The fraction of sp³-hybridized carbons (Fsp3) is 0.500. The van der Waals surface area contributed by atoms with E-state index in [1.54, 1.807) is 0 Å². The second-order valence-electron chi connectivity index (χ2n) is 2.80. The molecule has 1 aliphatic rings. The van der Waals surface area contributed by atoms with Gasteiger partial charge in [-0.3, -0.25) is 0 Å². The SMILES string of the molecule is C#CC1=C(C(=O)OC)CCCC1. The largest absolute Gasteiger partial charge is 0.466 e. The van der Waals surface area contributed by atoms with Gasteiger partial charge in [0.1, 0.15) is 0 Å².